The minimum atomic E-state index is -3.89. The third-order valence-electron chi connectivity index (χ3n) is 3.21. The van der Waals surface area contributed by atoms with Crippen LogP contribution in [0, 0.1) is 6.07 Å². The van der Waals surface area contributed by atoms with Crippen LogP contribution >= 0.6 is 0 Å². The van der Waals surface area contributed by atoms with Crippen LogP contribution in [-0.4, -0.2) is 21.0 Å². The molecule has 0 fully saturated rings. The van der Waals surface area contributed by atoms with E-state index in [1.54, 1.807) is 6.07 Å². The highest BCUT2D eigenvalue weighted by Gasteiger charge is 2.21. The van der Waals surface area contributed by atoms with Gasteiger partial charge in [-0.1, -0.05) is 39.3 Å². The summed E-state index contributed by atoms with van der Waals surface area (Å²) >= 11 is 0. The lowest BCUT2D eigenvalue weighted by Gasteiger charge is -2.13. The number of carbonyl (C=O) groups is 1. The molecule has 6 heteroatoms. The molecule has 0 unspecified atom stereocenters. The van der Waals surface area contributed by atoms with Gasteiger partial charge in [-0.15, -0.1) is 0 Å². The average molecular weight is 311 g/mol. The number of aryl methyl sites for hydroxylation is 1. The molecule has 5 nitrogen and oxygen atoms in total. The maximum absolute atomic E-state index is 12.3. The van der Waals surface area contributed by atoms with E-state index in [4.69, 9.17) is 0 Å². The fourth-order valence-electron chi connectivity index (χ4n) is 2.10. The van der Waals surface area contributed by atoms with Gasteiger partial charge in [-0.2, -0.15) is 0 Å². The van der Waals surface area contributed by atoms with Crippen molar-refractivity contribution in [1.82, 2.24) is 10.0 Å². The first-order valence-electron chi connectivity index (χ1n) is 7.29. The predicted octanol–water partition coefficient (Wildman–Crippen LogP) is 2.40. The van der Waals surface area contributed by atoms with Crippen LogP contribution in [-0.2, 0) is 22.9 Å². The Morgan fingerprint density at radius 3 is 2.52 bits per heavy atom. The quantitative estimate of drug-likeness (QED) is 0.759. The molecule has 21 heavy (non-hydrogen) atoms. The fourth-order valence-corrected chi connectivity index (χ4v) is 3.34. The van der Waals surface area contributed by atoms with Gasteiger partial charge in [0.15, 0.2) is 0 Å². The number of carbonyl (C=O) groups excluding carboxylic acids is 1. The minimum absolute atomic E-state index is 0.0648. The van der Waals surface area contributed by atoms with Gasteiger partial charge in [0.2, 0.25) is 0 Å². The summed E-state index contributed by atoms with van der Waals surface area (Å²) in [4.78, 5) is 11.7. The lowest BCUT2D eigenvalue weighted by molar-refractivity contribution is 0.245. The van der Waals surface area contributed by atoms with Gasteiger partial charge in [0.05, 0.1) is 4.90 Å². The Morgan fingerprint density at radius 1 is 1.24 bits per heavy atom. The molecule has 0 heterocycles. The van der Waals surface area contributed by atoms with Gasteiger partial charge < -0.3 is 5.32 Å². The Balaban J connectivity index is 2.95. The Morgan fingerprint density at radius 2 is 1.95 bits per heavy atom. The number of urea groups is 1. The van der Waals surface area contributed by atoms with Gasteiger partial charge >= 0.3 is 6.03 Å². The topological polar surface area (TPSA) is 75.3 Å². The molecule has 1 rings (SSSR count). The molecule has 0 aliphatic rings. The van der Waals surface area contributed by atoms with Crippen molar-refractivity contribution in [3.63, 3.8) is 0 Å². The van der Waals surface area contributed by atoms with E-state index in [0.29, 0.717) is 18.5 Å². The number of benzene rings is 1. The first-order valence-corrected chi connectivity index (χ1v) is 8.77. The van der Waals surface area contributed by atoms with Crippen LogP contribution in [0.1, 0.15) is 44.7 Å². The minimum Gasteiger partial charge on any atom is -0.337 e. The molecular formula is C15H23N2O3S. The van der Waals surface area contributed by atoms with E-state index in [-0.39, 0.29) is 4.90 Å². The van der Waals surface area contributed by atoms with Crippen molar-refractivity contribution in [2.24, 2.45) is 0 Å². The Hall–Kier alpha value is -1.56. The summed E-state index contributed by atoms with van der Waals surface area (Å²) in [6, 6.07) is 5.50. The molecule has 117 valence electrons. The molecule has 0 aromatic heterocycles. The highest BCUT2D eigenvalue weighted by atomic mass is 32.2. The standard InChI is InChI=1S/C15H23N2O3S/c1-4-7-11-16-15(18)17-21(19,20)14-10-8-9-12(5-2)13(14)6-3/h8-9H,4-7,11H2,1-3H3,(H2,16,17,18). The molecule has 0 spiro atoms. The molecule has 1 aromatic carbocycles. The lowest BCUT2D eigenvalue weighted by Crippen LogP contribution is -2.40. The van der Waals surface area contributed by atoms with Gasteiger partial charge in [0, 0.05) is 12.6 Å². The van der Waals surface area contributed by atoms with Gasteiger partial charge in [-0.25, -0.2) is 17.9 Å². The lowest BCUT2D eigenvalue weighted by atomic mass is 10.0. The molecule has 1 aromatic rings. The van der Waals surface area contributed by atoms with Gasteiger partial charge in [0.1, 0.15) is 0 Å². The molecule has 2 amide bonds. The van der Waals surface area contributed by atoms with Gasteiger partial charge in [0.25, 0.3) is 10.0 Å². The number of rotatable bonds is 7. The number of amides is 2. The Labute approximate surface area is 127 Å². The van der Waals surface area contributed by atoms with E-state index in [1.165, 1.54) is 0 Å². The van der Waals surface area contributed by atoms with E-state index in [2.05, 4.69) is 11.4 Å². The zero-order chi connectivity index (χ0) is 15.9. The van der Waals surface area contributed by atoms with Crippen molar-refractivity contribution in [2.45, 2.75) is 51.3 Å². The maximum atomic E-state index is 12.3. The van der Waals surface area contributed by atoms with Crippen LogP contribution in [0.4, 0.5) is 4.79 Å². The highest BCUT2D eigenvalue weighted by molar-refractivity contribution is 7.90. The molecule has 0 bridgehead atoms. The van der Waals surface area contributed by atoms with E-state index >= 15 is 0 Å². The Bertz CT molecular complexity index is 583. The van der Waals surface area contributed by atoms with Crippen molar-refractivity contribution < 1.29 is 13.2 Å². The van der Waals surface area contributed by atoms with Crippen molar-refractivity contribution in [2.75, 3.05) is 6.54 Å². The predicted molar refractivity (Wildman–Crippen MR) is 82.7 cm³/mol. The van der Waals surface area contributed by atoms with Crippen LogP contribution in [0.15, 0.2) is 17.0 Å². The molecule has 0 atom stereocenters. The van der Waals surface area contributed by atoms with Crippen molar-refractivity contribution in [1.29, 1.82) is 0 Å². The molecular weight excluding hydrogens is 288 g/mol. The monoisotopic (exact) mass is 311 g/mol. The third-order valence-corrected chi connectivity index (χ3v) is 4.56. The third kappa shape index (κ3) is 4.74. The molecule has 0 aliphatic heterocycles. The number of unbranched alkanes of at least 4 members (excludes halogenated alkanes) is 1. The molecule has 0 saturated carbocycles. The second-order valence-electron chi connectivity index (χ2n) is 4.73. The summed E-state index contributed by atoms with van der Waals surface area (Å²) in [5.74, 6) is 0. The van der Waals surface area contributed by atoms with Crippen LogP contribution in [0.3, 0.4) is 0 Å². The zero-order valence-corrected chi connectivity index (χ0v) is 13.6. The number of nitrogens with one attached hydrogen (secondary N) is 2. The first-order chi connectivity index (χ1) is 9.96. The van der Waals surface area contributed by atoms with Crippen LogP contribution < -0.4 is 10.0 Å². The summed E-state index contributed by atoms with van der Waals surface area (Å²) in [6.45, 7) is 6.31. The second kappa shape index (κ2) is 8.02. The number of hydrogen-bond donors (Lipinski definition) is 2. The first kappa shape index (κ1) is 17.5. The second-order valence-corrected chi connectivity index (χ2v) is 6.35. The molecule has 2 N–H and O–H groups in total. The van der Waals surface area contributed by atoms with E-state index in [1.807, 2.05) is 31.6 Å². The van der Waals surface area contributed by atoms with Gasteiger partial charge in [-0.3, -0.25) is 0 Å². The molecule has 0 saturated heterocycles. The summed E-state index contributed by atoms with van der Waals surface area (Å²) < 4.78 is 26.7. The van der Waals surface area contributed by atoms with Crippen molar-refractivity contribution >= 4 is 16.1 Å². The summed E-state index contributed by atoms with van der Waals surface area (Å²) in [5, 5.41) is 2.53. The van der Waals surface area contributed by atoms with Crippen LogP contribution in [0.5, 0.6) is 0 Å². The summed E-state index contributed by atoms with van der Waals surface area (Å²) in [5.41, 5.74) is 1.68. The zero-order valence-electron chi connectivity index (χ0n) is 12.8. The van der Waals surface area contributed by atoms with Crippen LogP contribution in [0.25, 0.3) is 0 Å². The van der Waals surface area contributed by atoms with E-state index in [0.717, 1.165) is 24.8 Å². The number of hydrogen-bond acceptors (Lipinski definition) is 3. The van der Waals surface area contributed by atoms with E-state index < -0.39 is 16.1 Å². The molecule has 1 radical (unpaired) electrons. The summed E-state index contributed by atoms with van der Waals surface area (Å²) in [7, 11) is -3.89. The van der Waals surface area contributed by atoms with Gasteiger partial charge in [-0.05, 0) is 30.4 Å². The number of sulfonamides is 1. The van der Waals surface area contributed by atoms with Crippen molar-refractivity contribution in [3.8, 4) is 0 Å². The SMILES string of the molecule is CCCCNC(=O)NS(=O)(=O)c1[c]ccc(CC)c1CC. The van der Waals surface area contributed by atoms with E-state index in [9.17, 15) is 13.2 Å². The largest absolute Gasteiger partial charge is 0.337 e. The normalized spacial score (nSPS) is 11.2. The van der Waals surface area contributed by atoms with Crippen LogP contribution in [0.2, 0.25) is 0 Å². The Kier molecular flexibility index (Phi) is 6.68. The smallest absolute Gasteiger partial charge is 0.328 e. The fraction of sp³-hybridized carbons (Fsp3) is 0.533. The maximum Gasteiger partial charge on any atom is 0.328 e. The molecule has 0 aliphatic carbocycles. The highest BCUT2D eigenvalue weighted by Crippen LogP contribution is 2.20. The van der Waals surface area contributed by atoms with Crippen molar-refractivity contribution in [3.05, 3.63) is 29.3 Å². The summed E-state index contributed by atoms with van der Waals surface area (Å²) in [6.07, 6.45) is 3.06. The average Bonchev–Trinajstić information content (AvgIpc) is 2.46.